The van der Waals surface area contributed by atoms with E-state index in [-0.39, 0.29) is 0 Å². The van der Waals surface area contributed by atoms with Crippen LogP contribution in [-0.2, 0) is 12.4 Å². The van der Waals surface area contributed by atoms with Gasteiger partial charge in [-0.25, -0.2) is 9.56 Å². The molecule has 0 amide bonds. The van der Waals surface area contributed by atoms with Crippen LogP contribution in [0.4, 0.5) is 5.88 Å². The first-order chi connectivity index (χ1) is 12.1. The van der Waals surface area contributed by atoms with Crippen LogP contribution >= 0.6 is 0 Å². The third-order valence-corrected chi connectivity index (χ3v) is 4.76. The molecule has 0 spiro atoms. The lowest BCUT2D eigenvalue weighted by Gasteiger charge is -2.19. The maximum atomic E-state index is 6.34. The van der Waals surface area contributed by atoms with Crippen molar-refractivity contribution in [3.63, 3.8) is 0 Å². The van der Waals surface area contributed by atoms with Crippen LogP contribution in [-0.4, -0.2) is 13.6 Å². The number of aryl methyl sites for hydroxylation is 3. The molecule has 0 bridgehead atoms. The highest BCUT2D eigenvalue weighted by atomic mass is 16.3. The first-order valence-electron chi connectivity index (χ1n) is 8.93. The molecule has 0 aliphatic rings. The molecular formula is C22H26BN2O+. The smallest absolute Gasteiger partial charge is 0.222 e. The average molecular weight is 345 g/mol. The molecule has 3 rings (SSSR count). The van der Waals surface area contributed by atoms with Gasteiger partial charge in [-0.3, -0.25) is 0 Å². The molecule has 3 aromatic rings. The van der Waals surface area contributed by atoms with Gasteiger partial charge in [-0.05, 0) is 44.1 Å². The molecule has 0 aliphatic heterocycles. The Morgan fingerprint density at radius 3 is 2.46 bits per heavy atom. The lowest BCUT2D eigenvalue weighted by Crippen LogP contribution is -2.32. The van der Waals surface area contributed by atoms with Gasteiger partial charge in [-0.1, -0.05) is 26.0 Å². The van der Waals surface area contributed by atoms with Gasteiger partial charge in [0.25, 0.3) is 0 Å². The van der Waals surface area contributed by atoms with Gasteiger partial charge < -0.3 is 4.42 Å². The Labute approximate surface area is 157 Å². The lowest BCUT2D eigenvalue weighted by molar-refractivity contribution is -0.660. The number of furan rings is 1. The Morgan fingerprint density at radius 2 is 1.85 bits per heavy atom. The lowest BCUT2D eigenvalue weighted by atomic mass is 9.67. The van der Waals surface area contributed by atoms with E-state index < -0.39 is 5.31 Å². The average Bonchev–Trinajstić information content (AvgIpc) is 2.83. The number of hydrogen-bond acceptors (Lipinski definition) is 2. The Bertz CT molecular complexity index is 1020. The molecule has 0 atom stereocenters. The predicted molar refractivity (Wildman–Crippen MR) is 110 cm³/mol. The topological polar surface area (TPSA) is 29.4 Å². The van der Waals surface area contributed by atoms with Crippen molar-refractivity contribution in [2.24, 2.45) is 12.0 Å². The second kappa shape index (κ2) is 6.42. The van der Waals surface area contributed by atoms with Crippen LogP contribution in [0.5, 0.6) is 0 Å². The molecular weight excluding hydrogens is 319 g/mol. The summed E-state index contributed by atoms with van der Waals surface area (Å²) in [5.41, 5.74) is 7.36. The minimum atomic E-state index is -0.404. The fourth-order valence-electron chi connectivity index (χ4n) is 3.22. The Morgan fingerprint density at radius 1 is 1.15 bits per heavy atom. The van der Waals surface area contributed by atoms with Gasteiger partial charge in [-0.2, -0.15) is 0 Å². The second-order valence-corrected chi connectivity index (χ2v) is 7.86. The van der Waals surface area contributed by atoms with E-state index in [9.17, 15) is 0 Å². The van der Waals surface area contributed by atoms with Crippen LogP contribution in [0.2, 0.25) is 0 Å². The quantitative estimate of drug-likeness (QED) is 0.371. The van der Waals surface area contributed by atoms with Crippen LogP contribution in [0.15, 0.2) is 39.9 Å². The maximum Gasteiger partial charge on any atom is 0.222 e. The largest absolute Gasteiger partial charge is 0.437 e. The molecule has 2 heterocycles. The molecule has 2 aromatic heterocycles. The van der Waals surface area contributed by atoms with Crippen molar-refractivity contribution >= 4 is 30.4 Å². The van der Waals surface area contributed by atoms with E-state index >= 15 is 0 Å². The fraction of sp³-hybridized carbons (Fsp3) is 0.364. The monoisotopic (exact) mass is 345 g/mol. The predicted octanol–water partition coefficient (Wildman–Crippen LogP) is 5.06. The zero-order chi connectivity index (χ0) is 19.2. The van der Waals surface area contributed by atoms with E-state index in [0.717, 1.165) is 44.6 Å². The maximum absolute atomic E-state index is 6.34. The summed E-state index contributed by atoms with van der Waals surface area (Å²) in [4.78, 5) is 4.56. The third-order valence-electron chi connectivity index (χ3n) is 4.76. The summed E-state index contributed by atoms with van der Waals surface area (Å²) in [5, 5.41) is 0.696. The summed E-state index contributed by atoms with van der Waals surface area (Å²) in [5.74, 6) is 0.685. The molecule has 0 unspecified atom stereocenters. The highest BCUT2D eigenvalue weighted by Crippen LogP contribution is 2.39. The van der Waals surface area contributed by atoms with Crippen LogP contribution in [0.25, 0.3) is 22.2 Å². The summed E-state index contributed by atoms with van der Waals surface area (Å²) in [6.45, 7) is 12.2. The Hall–Kier alpha value is -2.36. The zero-order valence-corrected chi connectivity index (χ0v) is 16.8. The fourth-order valence-corrected chi connectivity index (χ4v) is 3.22. The van der Waals surface area contributed by atoms with Crippen molar-refractivity contribution in [2.75, 3.05) is 0 Å². The van der Waals surface area contributed by atoms with Crippen LogP contribution in [0.1, 0.15) is 44.4 Å². The zero-order valence-electron chi connectivity index (χ0n) is 16.8. The second-order valence-electron chi connectivity index (χ2n) is 7.86. The van der Waals surface area contributed by atoms with Crippen LogP contribution < -0.4 is 4.57 Å². The number of nitrogens with zero attached hydrogens (tertiary/aromatic N) is 2. The summed E-state index contributed by atoms with van der Waals surface area (Å²) < 4.78 is 8.34. The van der Waals surface area contributed by atoms with Crippen molar-refractivity contribution in [1.29, 1.82) is 0 Å². The molecule has 4 heteroatoms. The molecule has 2 radical (unpaired) electrons. The van der Waals surface area contributed by atoms with E-state index in [1.807, 2.05) is 34.7 Å². The minimum Gasteiger partial charge on any atom is -0.437 e. The molecule has 1 aromatic carbocycles. The molecule has 0 saturated carbocycles. The minimum absolute atomic E-state index is 0.404. The molecule has 0 N–H and O–H groups in total. The van der Waals surface area contributed by atoms with Gasteiger partial charge in [0, 0.05) is 28.8 Å². The third kappa shape index (κ3) is 3.21. The van der Waals surface area contributed by atoms with Crippen molar-refractivity contribution < 1.29 is 8.98 Å². The normalized spacial score (nSPS) is 11.8. The number of rotatable bonds is 3. The number of aliphatic imine (C=N–C) groups is 1. The van der Waals surface area contributed by atoms with Crippen molar-refractivity contribution in [3.05, 3.63) is 47.2 Å². The molecule has 132 valence electrons. The number of fused-ring (bicyclic) bond motifs is 1. The first kappa shape index (κ1) is 18.4. The standard InChI is InChI=1S/C22H26BN2O/c1-13(2)24-21-15(4)17-9-8-14(3)19(20(17)26-21)18-12-16(22(5,6)23)10-11-25(18)7/h8-12H,1-7H3/q+1. The Kier molecular flexibility index (Phi) is 4.55. The number of pyridine rings is 1. The summed E-state index contributed by atoms with van der Waals surface area (Å²) in [7, 11) is 8.38. The number of benzene rings is 1. The van der Waals surface area contributed by atoms with Gasteiger partial charge in [-0.15, -0.1) is 0 Å². The number of aromatic nitrogens is 1. The summed E-state index contributed by atoms with van der Waals surface area (Å²) in [6.07, 6.45) is 2.06. The van der Waals surface area contributed by atoms with E-state index in [1.165, 1.54) is 0 Å². The van der Waals surface area contributed by atoms with Gasteiger partial charge in [0.05, 0.1) is 13.4 Å². The Balaban J connectivity index is 2.35. The highest BCUT2D eigenvalue weighted by Gasteiger charge is 2.24. The molecule has 26 heavy (non-hydrogen) atoms. The van der Waals surface area contributed by atoms with Crippen LogP contribution in [0.3, 0.4) is 0 Å². The SMILES string of the molecule is [B]C(C)(C)c1cc[n+](C)c(-c2c(C)ccc3c(C)c(N=C(C)C)oc23)c1. The van der Waals surface area contributed by atoms with E-state index in [0.29, 0.717) is 5.88 Å². The van der Waals surface area contributed by atoms with Gasteiger partial charge in [0.2, 0.25) is 11.6 Å². The number of hydrogen-bond donors (Lipinski definition) is 0. The molecule has 0 saturated heterocycles. The first-order valence-corrected chi connectivity index (χ1v) is 8.93. The van der Waals surface area contributed by atoms with E-state index in [4.69, 9.17) is 12.3 Å². The van der Waals surface area contributed by atoms with Gasteiger partial charge in [0.15, 0.2) is 11.8 Å². The van der Waals surface area contributed by atoms with Crippen molar-refractivity contribution in [1.82, 2.24) is 0 Å². The van der Waals surface area contributed by atoms with Crippen LogP contribution in [0, 0.1) is 13.8 Å². The molecule has 0 fully saturated rings. The molecule has 3 nitrogen and oxygen atoms in total. The van der Waals surface area contributed by atoms with E-state index in [2.05, 4.69) is 53.9 Å². The van der Waals surface area contributed by atoms with Crippen molar-refractivity contribution in [3.8, 4) is 11.3 Å². The van der Waals surface area contributed by atoms with Gasteiger partial charge >= 0.3 is 0 Å². The van der Waals surface area contributed by atoms with Gasteiger partial charge in [0.1, 0.15) is 7.05 Å². The van der Waals surface area contributed by atoms with E-state index in [1.54, 1.807) is 0 Å². The summed E-state index contributed by atoms with van der Waals surface area (Å²) >= 11 is 0. The van der Waals surface area contributed by atoms with Crippen molar-refractivity contribution in [2.45, 2.75) is 46.9 Å². The summed E-state index contributed by atoms with van der Waals surface area (Å²) in [6, 6.07) is 8.50. The highest BCUT2D eigenvalue weighted by molar-refractivity contribution is 6.15. The molecule has 0 aliphatic carbocycles.